The maximum absolute atomic E-state index is 13.1. The molecule has 3 N–H and O–H groups in total. The number of thioether (sulfide) groups is 1. The minimum absolute atomic E-state index is 0.0191. The molecule has 3 aliphatic heterocycles. The van der Waals surface area contributed by atoms with Crippen LogP contribution in [0.3, 0.4) is 0 Å². The van der Waals surface area contributed by atoms with E-state index in [4.69, 9.17) is 0 Å². The summed E-state index contributed by atoms with van der Waals surface area (Å²) in [6.07, 6.45) is 5.24. The number of amides is 2. The summed E-state index contributed by atoms with van der Waals surface area (Å²) in [6.45, 7) is 4.34. The number of carboxylic acids is 1. The number of pyridine rings is 1. The van der Waals surface area contributed by atoms with Crippen LogP contribution in [0.2, 0.25) is 0 Å². The first-order valence-corrected chi connectivity index (χ1v) is 13.3. The Balaban J connectivity index is 1.23. The van der Waals surface area contributed by atoms with E-state index in [0.29, 0.717) is 23.6 Å². The third kappa shape index (κ3) is 4.92. The second-order valence-electron chi connectivity index (χ2n) is 9.92. The Morgan fingerprint density at radius 2 is 2.05 bits per heavy atom. The van der Waals surface area contributed by atoms with Crippen molar-refractivity contribution in [1.82, 2.24) is 35.4 Å². The first kappa shape index (κ1) is 26.0. The highest BCUT2D eigenvalue weighted by molar-refractivity contribution is 8.03. The summed E-state index contributed by atoms with van der Waals surface area (Å²) in [7, 11) is 0. The van der Waals surface area contributed by atoms with Gasteiger partial charge in [-0.3, -0.25) is 19.4 Å². The average molecular weight is 541 g/mol. The summed E-state index contributed by atoms with van der Waals surface area (Å²) in [5, 5.41) is 26.8. The number of aromatic nitrogens is 5. The van der Waals surface area contributed by atoms with Gasteiger partial charge in [-0.15, -0.1) is 16.9 Å². The van der Waals surface area contributed by atoms with Crippen molar-refractivity contribution in [3.05, 3.63) is 41.5 Å². The molecule has 5 rings (SSSR count). The molecule has 5 heterocycles. The van der Waals surface area contributed by atoms with Gasteiger partial charge in [-0.05, 0) is 34.9 Å². The van der Waals surface area contributed by atoms with Crippen LogP contribution in [0.5, 0.6) is 0 Å². The van der Waals surface area contributed by atoms with Gasteiger partial charge in [0.05, 0.1) is 18.0 Å². The molecule has 3 aliphatic rings. The number of nitrogens with one attached hydrogen (secondary N) is 2. The molecule has 200 valence electrons. The minimum Gasteiger partial charge on any atom is -0.477 e. The molecule has 0 bridgehead atoms. The first-order chi connectivity index (χ1) is 18.2. The lowest BCUT2D eigenvalue weighted by molar-refractivity contribution is -0.160. The van der Waals surface area contributed by atoms with Gasteiger partial charge in [-0.1, -0.05) is 13.8 Å². The predicted octanol–water partition coefficient (Wildman–Crippen LogP) is 0.539. The standard InChI is InChI=1S/C24H28N8O5S/c1-12(7-15(33)10-31-11-27-29-30-31)18-19-13(2)21(20(24(36)37)32(19)23(18)35)38-16-8-17(26-9-16)22(34)28-14-3-5-25-6-4-14/h3-6,11-13,16-19,26H,7-10H2,1-2H3,(H,36,37)(H,25,28,34)/t12-,13+,16-,17-,18+,19+/m0/s1. The van der Waals surface area contributed by atoms with Gasteiger partial charge in [0.25, 0.3) is 0 Å². The minimum atomic E-state index is -1.14. The Morgan fingerprint density at radius 1 is 1.29 bits per heavy atom. The molecule has 14 heteroatoms. The van der Waals surface area contributed by atoms with Crippen LogP contribution in [0.15, 0.2) is 41.5 Å². The zero-order valence-electron chi connectivity index (χ0n) is 20.9. The van der Waals surface area contributed by atoms with Crippen molar-refractivity contribution in [3.63, 3.8) is 0 Å². The highest BCUT2D eigenvalue weighted by Crippen LogP contribution is 2.53. The lowest BCUT2D eigenvalue weighted by Crippen LogP contribution is -2.62. The lowest BCUT2D eigenvalue weighted by Gasteiger charge is -2.47. The molecule has 2 fully saturated rings. The van der Waals surface area contributed by atoms with Gasteiger partial charge in [-0.2, -0.15) is 0 Å². The van der Waals surface area contributed by atoms with Crippen LogP contribution in [-0.2, 0) is 25.7 Å². The van der Waals surface area contributed by atoms with Crippen molar-refractivity contribution < 1.29 is 24.3 Å². The number of rotatable bonds is 10. The number of anilines is 1. The monoisotopic (exact) mass is 540 g/mol. The molecule has 0 saturated carbocycles. The van der Waals surface area contributed by atoms with E-state index in [1.54, 1.807) is 24.5 Å². The highest BCUT2D eigenvalue weighted by atomic mass is 32.2. The quantitative estimate of drug-likeness (QED) is 0.359. The largest absolute Gasteiger partial charge is 0.477 e. The number of ketones is 1. The summed E-state index contributed by atoms with van der Waals surface area (Å²) >= 11 is 1.43. The molecule has 0 aliphatic carbocycles. The number of carbonyl (C=O) groups excluding carboxylic acids is 3. The first-order valence-electron chi connectivity index (χ1n) is 12.4. The molecule has 2 amide bonds. The zero-order valence-corrected chi connectivity index (χ0v) is 21.7. The number of fused-ring (bicyclic) bond motifs is 1. The SMILES string of the molecule is C[C@@H](CC(=O)Cn1cnnn1)[C@H]1C(=O)N2C(C(=O)O)=C(S[C@@H]3CN[C@H](C(=O)Nc4ccncc4)C3)[C@H](C)[C@H]12. The number of Topliss-reactive ketones (excluding diaryl/α,β-unsaturated/α-hetero) is 1. The molecule has 0 aromatic carbocycles. The third-order valence-electron chi connectivity index (χ3n) is 7.33. The van der Waals surface area contributed by atoms with Crippen LogP contribution in [0.4, 0.5) is 5.69 Å². The number of hydrogen-bond acceptors (Lipinski definition) is 10. The van der Waals surface area contributed by atoms with E-state index < -0.39 is 17.9 Å². The molecule has 2 aromatic heterocycles. The van der Waals surface area contributed by atoms with E-state index in [1.165, 1.54) is 27.7 Å². The topological polar surface area (TPSA) is 172 Å². The van der Waals surface area contributed by atoms with Gasteiger partial charge in [0.15, 0.2) is 5.78 Å². The number of carboxylic acid groups (broad SMARTS) is 1. The molecular weight excluding hydrogens is 512 g/mol. The van der Waals surface area contributed by atoms with E-state index in [-0.39, 0.29) is 59.4 Å². The molecular formula is C24H28N8O5S. The number of hydrogen-bond donors (Lipinski definition) is 3. The molecule has 6 atom stereocenters. The van der Waals surface area contributed by atoms with E-state index in [9.17, 15) is 24.3 Å². The average Bonchev–Trinajstić information content (AvgIpc) is 3.60. The van der Waals surface area contributed by atoms with Crippen LogP contribution in [0.25, 0.3) is 0 Å². The number of carbonyl (C=O) groups is 4. The van der Waals surface area contributed by atoms with Crippen LogP contribution < -0.4 is 10.6 Å². The number of nitrogens with zero attached hydrogens (tertiary/aromatic N) is 6. The van der Waals surface area contributed by atoms with Crippen molar-refractivity contribution in [3.8, 4) is 0 Å². The Bertz CT molecular complexity index is 1270. The van der Waals surface area contributed by atoms with Gasteiger partial charge in [0.1, 0.15) is 18.6 Å². The van der Waals surface area contributed by atoms with Crippen LogP contribution >= 0.6 is 11.8 Å². The van der Waals surface area contributed by atoms with Gasteiger partial charge >= 0.3 is 5.97 Å². The van der Waals surface area contributed by atoms with Gasteiger partial charge in [0.2, 0.25) is 11.8 Å². The van der Waals surface area contributed by atoms with Crippen LogP contribution in [0, 0.1) is 17.8 Å². The molecule has 38 heavy (non-hydrogen) atoms. The fourth-order valence-electron chi connectivity index (χ4n) is 5.59. The molecule has 2 saturated heterocycles. The van der Waals surface area contributed by atoms with E-state index in [0.717, 1.165) is 0 Å². The van der Waals surface area contributed by atoms with Crippen LogP contribution in [-0.4, -0.2) is 82.6 Å². The van der Waals surface area contributed by atoms with E-state index in [2.05, 4.69) is 31.1 Å². The summed E-state index contributed by atoms with van der Waals surface area (Å²) in [4.78, 5) is 56.6. The summed E-state index contributed by atoms with van der Waals surface area (Å²) in [5.41, 5.74) is 0.674. The summed E-state index contributed by atoms with van der Waals surface area (Å²) < 4.78 is 1.33. The summed E-state index contributed by atoms with van der Waals surface area (Å²) in [5.74, 6) is -2.58. The number of tetrazole rings is 1. The fraction of sp³-hybridized carbons (Fsp3) is 0.500. The second kappa shape index (κ2) is 10.6. The summed E-state index contributed by atoms with van der Waals surface area (Å²) in [6, 6.07) is 2.69. The smallest absolute Gasteiger partial charge is 0.353 e. The maximum Gasteiger partial charge on any atom is 0.353 e. The predicted molar refractivity (Wildman–Crippen MR) is 135 cm³/mol. The fourth-order valence-corrected chi connectivity index (χ4v) is 7.07. The van der Waals surface area contributed by atoms with Crippen molar-refractivity contribution >= 4 is 41.0 Å². The van der Waals surface area contributed by atoms with Gasteiger partial charge in [-0.25, -0.2) is 9.48 Å². The molecule has 0 unspecified atom stereocenters. The van der Waals surface area contributed by atoms with Gasteiger partial charge < -0.3 is 20.6 Å². The molecule has 13 nitrogen and oxygen atoms in total. The zero-order chi connectivity index (χ0) is 27.0. The normalized spacial score (nSPS) is 27.2. The third-order valence-corrected chi connectivity index (χ3v) is 8.84. The Labute approximate surface area is 222 Å². The maximum atomic E-state index is 13.1. The van der Waals surface area contributed by atoms with E-state index in [1.807, 2.05) is 13.8 Å². The Morgan fingerprint density at radius 3 is 2.74 bits per heavy atom. The molecule has 0 radical (unpaired) electrons. The lowest BCUT2D eigenvalue weighted by atomic mass is 9.73. The molecule has 2 aromatic rings. The second-order valence-corrected chi connectivity index (χ2v) is 11.3. The highest BCUT2D eigenvalue weighted by Gasteiger charge is 2.60. The van der Waals surface area contributed by atoms with Crippen molar-refractivity contribution in [2.75, 3.05) is 11.9 Å². The number of β-lactam (4-membered cyclic amide) rings is 1. The van der Waals surface area contributed by atoms with Crippen molar-refractivity contribution in [2.45, 2.75) is 50.6 Å². The van der Waals surface area contributed by atoms with Gasteiger partial charge in [0, 0.05) is 47.1 Å². The van der Waals surface area contributed by atoms with E-state index >= 15 is 0 Å². The Kier molecular flexibility index (Phi) is 7.25. The Hall–Kier alpha value is -3.65. The van der Waals surface area contributed by atoms with Crippen molar-refractivity contribution in [1.29, 1.82) is 0 Å². The molecule has 0 spiro atoms. The number of aliphatic carboxylic acids is 1. The van der Waals surface area contributed by atoms with Crippen LogP contribution in [0.1, 0.15) is 26.7 Å². The van der Waals surface area contributed by atoms with Crippen molar-refractivity contribution in [2.24, 2.45) is 17.8 Å².